The Morgan fingerprint density at radius 3 is 2.52 bits per heavy atom. The van der Waals surface area contributed by atoms with Gasteiger partial charge in [-0.1, -0.05) is 18.2 Å². The molecule has 116 valence electrons. The summed E-state index contributed by atoms with van der Waals surface area (Å²) in [6.07, 6.45) is 2.39. The number of amides is 1. The maximum Gasteiger partial charge on any atom is 0.223 e. The van der Waals surface area contributed by atoms with Crippen molar-refractivity contribution < 1.29 is 4.79 Å². The third kappa shape index (κ3) is 3.13. The maximum atomic E-state index is 12.7. The van der Waals surface area contributed by atoms with Crippen molar-refractivity contribution >= 4 is 5.91 Å². The predicted molar refractivity (Wildman–Crippen MR) is 87.1 cm³/mol. The Balaban J connectivity index is 2.57. The molecule has 2 rings (SSSR count). The molecule has 0 saturated carbocycles. The molecule has 1 saturated heterocycles. The van der Waals surface area contributed by atoms with Crippen molar-refractivity contribution in [3.63, 3.8) is 0 Å². The molecule has 0 spiro atoms. The molecule has 0 aromatic heterocycles. The standard InChI is InChI=1S/C18H28N2O/c1-12-8-6-9-14(13(12)2)17-15(19)10-7-11-16(21)20(17)18(3,4)5/h6,8-9,15,17H,7,10-11,19H2,1-5H3. The van der Waals surface area contributed by atoms with E-state index in [9.17, 15) is 4.79 Å². The van der Waals surface area contributed by atoms with Gasteiger partial charge in [-0.05, 0) is 64.2 Å². The average Bonchev–Trinajstić information content (AvgIpc) is 2.51. The fraction of sp³-hybridized carbons (Fsp3) is 0.611. The fourth-order valence-corrected chi connectivity index (χ4v) is 3.37. The molecule has 1 heterocycles. The lowest BCUT2D eigenvalue weighted by molar-refractivity contribution is -0.139. The van der Waals surface area contributed by atoms with Crippen LogP contribution in [0.4, 0.5) is 0 Å². The molecule has 1 fully saturated rings. The van der Waals surface area contributed by atoms with Crippen LogP contribution in [0, 0.1) is 13.8 Å². The molecular weight excluding hydrogens is 260 g/mol. The third-order valence-electron chi connectivity index (χ3n) is 4.57. The highest BCUT2D eigenvalue weighted by molar-refractivity contribution is 5.78. The average molecular weight is 288 g/mol. The van der Waals surface area contributed by atoms with Crippen LogP contribution in [0.15, 0.2) is 18.2 Å². The minimum absolute atomic E-state index is 0.00354. The van der Waals surface area contributed by atoms with Gasteiger partial charge in [-0.3, -0.25) is 4.79 Å². The topological polar surface area (TPSA) is 46.3 Å². The van der Waals surface area contributed by atoms with Gasteiger partial charge < -0.3 is 10.6 Å². The monoisotopic (exact) mass is 288 g/mol. The van der Waals surface area contributed by atoms with Crippen LogP contribution in [-0.4, -0.2) is 22.4 Å². The summed E-state index contributed by atoms with van der Waals surface area (Å²) in [6, 6.07) is 6.28. The van der Waals surface area contributed by atoms with Crippen molar-refractivity contribution in [1.82, 2.24) is 4.90 Å². The number of carbonyl (C=O) groups excluding carboxylic acids is 1. The van der Waals surface area contributed by atoms with E-state index in [0.29, 0.717) is 6.42 Å². The molecule has 1 aliphatic rings. The van der Waals surface area contributed by atoms with Crippen LogP contribution >= 0.6 is 0 Å². The summed E-state index contributed by atoms with van der Waals surface area (Å²) >= 11 is 0. The zero-order chi connectivity index (χ0) is 15.8. The van der Waals surface area contributed by atoms with Gasteiger partial charge in [0.1, 0.15) is 0 Å². The smallest absolute Gasteiger partial charge is 0.223 e. The van der Waals surface area contributed by atoms with Gasteiger partial charge in [-0.15, -0.1) is 0 Å². The largest absolute Gasteiger partial charge is 0.329 e. The molecule has 1 amide bonds. The van der Waals surface area contributed by atoms with Crippen LogP contribution in [0.3, 0.4) is 0 Å². The predicted octanol–water partition coefficient (Wildman–Crippen LogP) is 3.48. The first-order chi connectivity index (χ1) is 9.73. The van der Waals surface area contributed by atoms with Crippen LogP contribution < -0.4 is 5.73 Å². The molecule has 0 aliphatic carbocycles. The van der Waals surface area contributed by atoms with Crippen molar-refractivity contribution in [1.29, 1.82) is 0 Å². The zero-order valence-electron chi connectivity index (χ0n) is 13.9. The highest BCUT2D eigenvalue weighted by Gasteiger charge is 2.39. The van der Waals surface area contributed by atoms with Gasteiger partial charge >= 0.3 is 0 Å². The third-order valence-corrected chi connectivity index (χ3v) is 4.57. The van der Waals surface area contributed by atoms with E-state index < -0.39 is 0 Å². The van der Waals surface area contributed by atoms with Crippen molar-refractivity contribution in [2.24, 2.45) is 5.73 Å². The number of likely N-dealkylation sites (tertiary alicyclic amines) is 1. The van der Waals surface area contributed by atoms with Gasteiger partial charge in [-0.2, -0.15) is 0 Å². The summed E-state index contributed by atoms with van der Waals surface area (Å²) in [5, 5.41) is 0. The van der Waals surface area contributed by atoms with Crippen LogP contribution in [-0.2, 0) is 4.79 Å². The molecule has 1 aliphatic heterocycles. The summed E-state index contributed by atoms with van der Waals surface area (Å²) in [5.41, 5.74) is 9.97. The van der Waals surface area contributed by atoms with Crippen molar-refractivity contribution in [3.05, 3.63) is 34.9 Å². The van der Waals surface area contributed by atoms with E-state index >= 15 is 0 Å². The second-order valence-corrected chi connectivity index (χ2v) is 7.22. The van der Waals surface area contributed by atoms with Crippen LogP contribution in [0.1, 0.15) is 62.8 Å². The zero-order valence-corrected chi connectivity index (χ0v) is 13.9. The van der Waals surface area contributed by atoms with Crippen molar-refractivity contribution in [2.45, 2.75) is 71.5 Å². The van der Waals surface area contributed by atoms with E-state index in [1.807, 2.05) is 4.90 Å². The number of aryl methyl sites for hydroxylation is 1. The lowest BCUT2D eigenvalue weighted by Crippen LogP contribution is -2.51. The summed E-state index contributed by atoms with van der Waals surface area (Å²) in [4.78, 5) is 14.7. The first kappa shape index (κ1) is 16.0. The van der Waals surface area contributed by atoms with E-state index in [1.165, 1.54) is 16.7 Å². The molecule has 2 unspecified atom stereocenters. The highest BCUT2D eigenvalue weighted by atomic mass is 16.2. The molecule has 1 aromatic rings. The minimum Gasteiger partial charge on any atom is -0.329 e. The molecular formula is C18H28N2O. The second-order valence-electron chi connectivity index (χ2n) is 7.22. The summed E-state index contributed by atoms with van der Waals surface area (Å²) in [5.74, 6) is 0.223. The molecule has 0 bridgehead atoms. The van der Waals surface area contributed by atoms with Crippen LogP contribution in [0.5, 0.6) is 0 Å². The Morgan fingerprint density at radius 2 is 1.90 bits per heavy atom. The van der Waals surface area contributed by atoms with Crippen LogP contribution in [0.25, 0.3) is 0 Å². The summed E-state index contributed by atoms with van der Waals surface area (Å²) in [7, 11) is 0. The van der Waals surface area contributed by atoms with Gasteiger partial charge in [-0.25, -0.2) is 0 Å². The molecule has 0 radical (unpaired) electrons. The Bertz CT molecular complexity index is 531. The number of nitrogens with two attached hydrogens (primary N) is 1. The van der Waals surface area contributed by atoms with E-state index in [1.54, 1.807) is 0 Å². The normalized spacial score (nSPS) is 24.1. The SMILES string of the molecule is Cc1cccc(C2C(N)CCCC(=O)N2C(C)(C)C)c1C. The molecule has 3 heteroatoms. The van der Waals surface area contributed by atoms with E-state index in [4.69, 9.17) is 5.73 Å². The maximum absolute atomic E-state index is 12.7. The Morgan fingerprint density at radius 1 is 1.24 bits per heavy atom. The Kier molecular flexibility index (Phi) is 4.43. The Labute approximate surface area is 128 Å². The molecule has 2 N–H and O–H groups in total. The van der Waals surface area contributed by atoms with E-state index in [2.05, 4.69) is 52.8 Å². The Hall–Kier alpha value is -1.35. The number of benzene rings is 1. The van der Waals surface area contributed by atoms with Gasteiger partial charge in [0.25, 0.3) is 0 Å². The molecule has 2 atom stereocenters. The number of hydrogen-bond donors (Lipinski definition) is 1. The van der Waals surface area contributed by atoms with Crippen molar-refractivity contribution in [2.75, 3.05) is 0 Å². The van der Waals surface area contributed by atoms with Gasteiger partial charge in [0.2, 0.25) is 5.91 Å². The van der Waals surface area contributed by atoms with E-state index in [0.717, 1.165) is 12.8 Å². The van der Waals surface area contributed by atoms with Gasteiger partial charge in [0.05, 0.1) is 6.04 Å². The number of rotatable bonds is 1. The fourth-order valence-electron chi connectivity index (χ4n) is 3.37. The van der Waals surface area contributed by atoms with Gasteiger partial charge in [0.15, 0.2) is 0 Å². The first-order valence-electron chi connectivity index (χ1n) is 7.87. The summed E-state index contributed by atoms with van der Waals surface area (Å²) < 4.78 is 0. The quantitative estimate of drug-likeness (QED) is 0.860. The lowest BCUT2D eigenvalue weighted by atomic mass is 9.88. The summed E-state index contributed by atoms with van der Waals surface area (Å²) in [6.45, 7) is 10.5. The minimum atomic E-state index is -0.222. The number of hydrogen-bond acceptors (Lipinski definition) is 2. The van der Waals surface area contributed by atoms with Crippen LogP contribution in [0.2, 0.25) is 0 Å². The van der Waals surface area contributed by atoms with Gasteiger partial charge in [0, 0.05) is 18.0 Å². The lowest BCUT2D eigenvalue weighted by Gasteiger charge is -2.43. The second kappa shape index (κ2) is 5.80. The molecule has 21 heavy (non-hydrogen) atoms. The molecule has 1 aromatic carbocycles. The number of carbonyl (C=O) groups is 1. The highest BCUT2D eigenvalue weighted by Crippen LogP contribution is 2.37. The van der Waals surface area contributed by atoms with E-state index in [-0.39, 0.29) is 23.5 Å². The first-order valence-corrected chi connectivity index (χ1v) is 7.87. The van der Waals surface area contributed by atoms with Crippen molar-refractivity contribution in [3.8, 4) is 0 Å². The number of nitrogens with zero attached hydrogens (tertiary/aromatic N) is 1. The molecule has 3 nitrogen and oxygen atoms in total.